The van der Waals surface area contributed by atoms with Crippen LogP contribution in [-0.4, -0.2) is 5.97 Å². The quantitative estimate of drug-likeness (QED) is 0.233. The van der Waals surface area contributed by atoms with E-state index in [-0.39, 0.29) is 11.9 Å². The van der Waals surface area contributed by atoms with E-state index in [4.69, 9.17) is 4.74 Å². The smallest absolute Gasteiger partial charge is 0.314 e. The predicted molar refractivity (Wildman–Crippen MR) is 122 cm³/mol. The Morgan fingerprint density at radius 2 is 1.53 bits per heavy atom. The normalized spacial score (nSPS) is 18.2. The van der Waals surface area contributed by atoms with E-state index in [1.54, 1.807) is 24.3 Å². The molecule has 3 aromatic carbocycles. The molecule has 0 N–H and O–H groups in total. The van der Waals surface area contributed by atoms with Crippen molar-refractivity contribution >= 4 is 5.97 Å². The number of carbonyl (C=O) groups is 1. The van der Waals surface area contributed by atoms with Gasteiger partial charge in [-0.25, -0.2) is 8.78 Å². The molecule has 1 aliphatic carbocycles. The first kappa shape index (κ1) is 21.9. The van der Waals surface area contributed by atoms with Gasteiger partial charge in [-0.15, -0.1) is 6.58 Å². The van der Waals surface area contributed by atoms with Crippen LogP contribution in [-0.2, 0) is 11.2 Å². The van der Waals surface area contributed by atoms with Crippen molar-refractivity contribution in [2.45, 2.75) is 38.0 Å². The van der Waals surface area contributed by atoms with Crippen LogP contribution in [0.1, 0.15) is 42.7 Å². The van der Waals surface area contributed by atoms with Gasteiger partial charge < -0.3 is 4.74 Å². The fourth-order valence-corrected chi connectivity index (χ4v) is 4.35. The molecule has 4 heteroatoms. The van der Waals surface area contributed by atoms with Gasteiger partial charge in [-0.2, -0.15) is 0 Å². The van der Waals surface area contributed by atoms with Crippen molar-refractivity contribution in [1.29, 1.82) is 0 Å². The molecule has 0 bridgehead atoms. The third-order valence-electron chi connectivity index (χ3n) is 6.22. The van der Waals surface area contributed by atoms with E-state index in [1.807, 2.05) is 6.08 Å². The summed E-state index contributed by atoms with van der Waals surface area (Å²) in [5.74, 6) is -1.13. The second kappa shape index (κ2) is 9.90. The van der Waals surface area contributed by atoms with Crippen molar-refractivity contribution in [3.05, 3.63) is 102 Å². The van der Waals surface area contributed by atoms with Gasteiger partial charge in [0, 0.05) is 0 Å². The van der Waals surface area contributed by atoms with Crippen LogP contribution in [0.4, 0.5) is 8.78 Å². The third kappa shape index (κ3) is 5.13. The van der Waals surface area contributed by atoms with Gasteiger partial charge in [0.15, 0.2) is 11.6 Å². The predicted octanol–water partition coefficient (Wildman–Crippen LogP) is 7.24. The van der Waals surface area contributed by atoms with E-state index in [1.165, 1.54) is 17.2 Å². The number of ether oxygens (including phenoxy) is 1. The highest BCUT2D eigenvalue weighted by Crippen LogP contribution is 2.36. The van der Waals surface area contributed by atoms with Crippen molar-refractivity contribution in [1.82, 2.24) is 0 Å². The number of hydrogen-bond donors (Lipinski definition) is 0. The molecule has 0 spiro atoms. The van der Waals surface area contributed by atoms with Crippen LogP contribution >= 0.6 is 0 Å². The summed E-state index contributed by atoms with van der Waals surface area (Å²) in [7, 11) is 0. The Balaban J connectivity index is 1.31. The second-order valence-electron chi connectivity index (χ2n) is 8.36. The van der Waals surface area contributed by atoms with E-state index < -0.39 is 11.6 Å². The topological polar surface area (TPSA) is 26.3 Å². The SMILES string of the molecule is C=CCc1ccc(C2CCC(C(=O)Oc3ccc(-c4ccc(F)c(F)c4)cc3)CC2)cc1. The summed E-state index contributed by atoms with van der Waals surface area (Å²) >= 11 is 0. The fourth-order valence-electron chi connectivity index (χ4n) is 4.35. The molecule has 32 heavy (non-hydrogen) atoms. The van der Waals surface area contributed by atoms with Gasteiger partial charge in [-0.05, 0) is 84.5 Å². The molecule has 1 aliphatic rings. The lowest BCUT2D eigenvalue weighted by Gasteiger charge is -2.27. The fraction of sp³-hybridized carbons (Fsp3) is 0.250. The van der Waals surface area contributed by atoms with Crippen molar-refractivity contribution in [3.8, 4) is 16.9 Å². The highest BCUT2D eigenvalue weighted by atomic mass is 19.2. The van der Waals surface area contributed by atoms with E-state index in [0.29, 0.717) is 17.2 Å². The van der Waals surface area contributed by atoms with Crippen molar-refractivity contribution in [3.63, 3.8) is 0 Å². The Kier molecular flexibility index (Phi) is 6.79. The lowest BCUT2D eigenvalue weighted by Crippen LogP contribution is -2.25. The summed E-state index contributed by atoms with van der Waals surface area (Å²) < 4.78 is 32.2. The molecule has 2 nitrogen and oxygen atoms in total. The molecule has 4 rings (SSSR count). The Morgan fingerprint density at radius 3 is 2.16 bits per heavy atom. The third-order valence-corrected chi connectivity index (χ3v) is 6.22. The van der Waals surface area contributed by atoms with Crippen LogP contribution in [0.5, 0.6) is 5.75 Å². The lowest BCUT2D eigenvalue weighted by molar-refractivity contribution is -0.140. The summed E-state index contributed by atoms with van der Waals surface area (Å²) in [5, 5.41) is 0. The first-order valence-corrected chi connectivity index (χ1v) is 11.0. The Labute approximate surface area is 187 Å². The number of carbonyl (C=O) groups excluding carboxylic acids is 1. The van der Waals surface area contributed by atoms with Gasteiger partial charge in [-0.1, -0.05) is 48.5 Å². The van der Waals surface area contributed by atoms with Gasteiger partial charge in [-0.3, -0.25) is 4.79 Å². The summed E-state index contributed by atoms with van der Waals surface area (Å²) in [6.45, 7) is 3.78. The van der Waals surface area contributed by atoms with Crippen LogP contribution in [0.3, 0.4) is 0 Å². The molecule has 0 aliphatic heterocycles. The molecule has 0 heterocycles. The molecule has 0 aromatic heterocycles. The summed E-state index contributed by atoms with van der Waals surface area (Å²) in [5.41, 5.74) is 3.88. The Morgan fingerprint density at radius 1 is 0.875 bits per heavy atom. The van der Waals surface area contributed by atoms with Crippen molar-refractivity contribution < 1.29 is 18.3 Å². The summed E-state index contributed by atoms with van der Waals surface area (Å²) in [6, 6.07) is 19.3. The van der Waals surface area contributed by atoms with E-state index in [9.17, 15) is 13.6 Å². The summed E-state index contributed by atoms with van der Waals surface area (Å²) in [4.78, 5) is 12.6. The second-order valence-corrected chi connectivity index (χ2v) is 8.36. The first-order chi connectivity index (χ1) is 15.5. The highest BCUT2D eigenvalue weighted by molar-refractivity contribution is 5.75. The maximum atomic E-state index is 13.5. The first-order valence-electron chi connectivity index (χ1n) is 11.0. The van der Waals surface area contributed by atoms with Crippen molar-refractivity contribution in [2.24, 2.45) is 5.92 Å². The molecule has 3 aromatic rings. The number of halogens is 2. The van der Waals surface area contributed by atoms with Crippen LogP contribution in [0.2, 0.25) is 0 Å². The molecular weight excluding hydrogens is 406 g/mol. The summed E-state index contributed by atoms with van der Waals surface area (Å²) in [6.07, 6.45) is 6.34. The zero-order chi connectivity index (χ0) is 22.5. The Bertz CT molecular complexity index is 1080. The number of rotatable bonds is 6. The van der Waals surface area contributed by atoms with Crippen LogP contribution < -0.4 is 4.74 Å². The number of allylic oxidation sites excluding steroid dienone is 1. The van der Waals surface area contributed by atoms with E-state index in [2.05, 4.69) is 30.8 Å². The average Bonchev–Trinajstić information content (AvgIpc) is 2.82. The average molecular weight is 433 g/mol. The highest BCUT2D eigenvalue weighted by Gasteiger charge is 2.28. The number of benzene rings is 3. The lowest BCUT2D eigenvalue weighted by atomic mass is 9.78. The number of esters is 1. The number of hydrogen-bond acceptors (Lipinski definition) is 2. The molecule has 0 unspecified atom stereocenters. The van der Waals surface area contributed by atoms with Gasteiger partial charge in [0.1, 0.15) is 5.75 Å². The molecule has 0 amide bonds. The molecule has 0 saturated heterocycles. The largest absolute Gasteiger partial charge is 0.426 e. The minimum atomic E-state index is -0.888. The Hall–Kier alpha value is -3.27. The van der Waals surface area contributed by atoms with E-state index in [0.717, 1.165) is 49.8 Å². The molecule has 1 fully saturated rings. The van der Waals surface area contributed by atoms with Gasteiger partial charge in [0.05, 0.1) is 5.92 Å². The molecule has 1 saturated carbocycles. The standard InChI is InChI=1S/C28H26F2O2/c1-2-3-19-4-6-20(7-5-19)21-8-10-23(11-9-21)28(31)32-25-15-12-22(13-16-25)24-14-17-26(29)27(30)18-24/h2,4-7,12-18,21,23H,1,3,8-11H2. The zero-order valence-corrected chi connectivity index (χ0v) is 17.9. The van der Waals surface area contributed by atoms with Crippen LogP contribution in [0, 0.1) is 17.6 Å². The molecule has 0 atom stereocenters. The minimum absolute atomic E-state index is 0.0999. The maximum Gasteiger partial charge on any atom is 0.314 e. The molecule has 164 valence electrons. The van der Waals surface area contributed by atoms with Gasteiger partial charge >= 0.3 is 5.97 Å². The molecular formula is C28H26F2O2. The van der Waals surface area contributed by atoms with Gasteiger partial charge in [0.25, 0.3) is 0 Å². The molecule has 0 radical (unpaired) electrons. The maximum absolute atomic E-state index is 13.5. The minimum Gasteiger partial charge on any atom is -0.426 e. The van der Waals surface area contributed by atoms with Crippen molar-refractivity contribution in [2.75, 3.05) is 0 Å². The van der Waals surface area contributed by atoms with Crippen LogP contribution in [0.15, 0.2) is 79.4 Å². The van der Waals surface area contributed by atoms with E-state index >= 15 is 0 Å². The van der Waals surface area contributed by atoms with Gasteiger partial charge in [0.2, 0.25) is 0 Å². The van der Waals surface area contributed by atoms with Crippen LogP contribution in [0.25, 0.3) is 11.1 Å². The monoisotopic (exact) mass is 432 g/mol. The zero-order valence-electron chi connectivity index (χ0n) is 17.9.